The van der Waals surface area contributed by atoms with E-state index in [1.807, 2.05) is 13.0 Å². The smallest absolute Gasteiger partial charge is 0.241 e. The lowest BCUT2D eigenvalue weighted by molar-refractivity contribution is -0.132. The van der Waals surface area contributed by atoms with Crippen molar-refractivity contribution < 1.29 is 13.7 Å². The molecule has 3 rings (SSSR count). The van der Waals surface area contributed by atoms with Crippen LogP contribution in [0.5, 0.6) is 0 Å². The summed E-state index contributed by atoms with van der Waals surface area (Å²) >= 11 is 0. The van der Waals surface area contributed by atoms with Crippen LogP contribution < -0.4 is 10.2 Å². The van der Waals surface area contributed by atoms with Gasteiger partial charge in [-0.1, -0.05) is 5.16 Å². The van der Waals surface area contributed by atoms with Gasteiger partial charge in [-0.3, -0.25) is 4.79 Å². The fraction of sp³-hybridized carbons (Fsp3) is 0.412. The third kappa shape index (κ3) is 3.73. The second-order valence-corrected chi connectivity index (χ2v) is 6.05. The van der Waals surface area contributed by atoms with Gasteiger partial charge in [0.15, 0.2) is 0 Å². The lowest BCUT2D eigenvalue weighted by atomic mass is 10.1. The molecular weight excluding hydrogens is 311 g/mol. The highest BCUT2D eigenvalue weighted by molar-refractivity contribution is 5.82. The van der Waals surface area contributed by atoms with Gasteiger partial charge >= 0.3 is 0 Å². The number of halogens is 1. The van der Waals surface area contributed by atoms with E-state index in [0.717, 1.165) is 23.7 Å². The molecule has 2 aromatic rings. The summed E-state index contributed by atoms with van der Waals surface area (Å²) in [5.41, 5.74) is 1.65. The summed E-state index contributed by atoms with van der Waals surface area (Å²) in [6, 6.07) is 7.87. The Labute approximate surface area is 140 Å². The third-order valence-corrected chi connectivity index (χ3v) is 4.12. The standard InChI is InChI=1S/C17H21FN4O2/c1-12-9-14(20-24-12)10-21(2)17(23)16-11-22(8-7-19-16)15-5-3-13(18)4-6-15/h3-6,9,16,19H,7-8,10-11H2,1-2H3. The molecule has 7 heteroatoms. The first-order valence-corrected chi connectivity index (χ1v) is 7.94. The molecule has 1 aliphatic heterocycles. The number of nitrogens with zero attached hydrogens (tertiary/aromatic N) is 3. The SMILES string of the molecule is Cc1cc(CN(C)C(=O)C2CN(c3ccc(F)cc3)CCN2)no1. The highest BCUT2D eigenvalue weighted by Gasteiger charge is 2.28. The van der Waals surface area contributed by atoms with Crippen LogP contribution in [-0.2, 0) is 11.3 Å². The molecule has 1 amide bonds. The minimum absolute atomic E-state index is 0.00228. The fourth-order valence-corrected chi connectivity index (χ4v) is 2.88. The van der Waals surface area contributed by atoms with Crippen LogP contribution in [0.2, 0.25) is 0 Å². The molecule has 1 saturated heterocycles. The van der Waals surface area contributed by atoms with Crippen LogP contribution in [0.25, 0.3) is 0 Å². The predicted molar refractivity (Wildman–Crippen MR) is 88.1 cm³/mol. The van der Waals surface area contributed by atoms with Crippen LogP contribution in [0.4, 0.5) is 10.1 Å². The Balaban J connectivity index is 1.63. The van der Waals surface area contributed by atoms with E-state index in [1.54, 1.807) is 24.1 Å². The van der Waals surface area contributed by atoms with Crippen molar-refractivity contribution >= 4 is 11.6 Å². The molecule has 24 heavy (non-hydrogen) atoms. The number of benzene rings is 1. The van der Waals surface area contributed by atoms with Crippen LogP contribution in [0.1, 0.15) is 11.5 Å². The van der Waals surface area contributed by atoms with Gasteiger partial charge < -0.3 is 19.6 Å². The molecule has 2 heterocycles. The van der Waals surface area contributed by atoms with E-state index in [2.05, 4.69) is 15.4 Å². The van der Waals surface area contributed by atoms with Crippen molar-refractivity contribution in [2.24, 2.45) is 0 Å². The Morgan fingerprint density at radius 1 is 1.46 bits per heavy atom. The molecular formula is C17H21FN4O2. The predicted octanol–water partition coefficient (Wildman–Crippen LogP) is 1.56. The number of nitrogens with one attached hydrogen (secondary N) is 1. The Morgan fingerprint density at radius 3 is 2.88 bits per heavy atom. The fourth-order valence-electron chi connectivity index (χ4n) is 2.88. The number of aromatic nitrogens is 1. The average molecular weight is 332 g/mol. The van der Waals surface area contributed by atoms with Crippen LogP contribution in [0.3, 0.4) is 0 Å². The molecule has 1 aromatic carbocycles. The van der Waals surface area contributed by atoms with E-state index in [9.17, 15) is 9.18 Å². The number of anilines is 1. The number of aryl methyl sites for hydroxylation is 1. The molecule has 6 nitrogen and oxygen atoms in total. The average Bonchev–Trinajstić information content (AvgIpc) is 3.00. The number of carbonyl (C=O) groups is 1. The second kappa shape index (κ2) is 7.00. The molecule has 0 saturated carbocycles. The first-order valence-electron chi connectivity index (χ1n) is 7.94. The van der Waals surface area contributed by atoms with Gasteiger partial charge in [-0.05, 0) is 31.2 Å². The van der Waals surface area contributed by atoms with Crippen LogP contribution in [0.15, 0.2) is 34.9 Å². The first-order chi connectivity index (χ1) is 11.5. The van der Waals surface area contributed by atoms with Crippen molar-refractivity contribution in [3.8, 4) is 0 Å². The molecule has 0 bridgehead atoms. The van der Waals surface area contributed by atoms with Crippen molar-refractivity contribution in [2.75, 3.05) is 31.6 Å². The quantitative estimate of drug-likeness (QED) is 0.921. The maximum atomic E-state index is 13.1. The van der Waals surface area contributed by atoms with E-state index in [0.29, 0.717) is 19.6 Å². The van der Waals surface area contributed by atoms with Crippen LogP contribution in [0, 0.1) is 12.7 Å². The van der Waals surface area contributed by atoms with E-state index < -0.39 is 0 Å². The molecule has 1 atom stereocenters. The lowest BCUT2D eigenvalue weighted by Crippen LogP contribution is -2.57. The van der Waals surface area contributed by atoms with Crippen molar-refractivity contribution in [2.45, 2.75) is 19.5 Å². The van der Waals surface area contributed by atoms with E-state index in [-0.39, 0.29) is 17.8 Å². The summed E-state index contributed by atoms with van der Waals surface area (Å²) in [6.45, 7) is 4.26. The molecule has 1 fully saturated rings. The molecule has 1 aliphatic rings. The molecule has 1 unspecified atom stereocenters. The molecule has 128 valence electrons. The number of hydrogen-bond donors (Lipinski definition) is 1. The minimum atomic E-state index is -0.304. The summed E-state index contributed by atoms with van der Waals surface area (Å²) < 4.78 is 18.1. The van der Waals surface area contributed by atoms with E-state index in [4.69, 9.17) is 4.52 Å². The van der Waals surface area contributed by atoms with Crippen molar-refractivity contribution in [3.63, 3.8) is 0 Å². The van der Waals surface area contributed by atoms with Gasteiger partial charge in [-0.15, -0.1) is 0 Å². The van der Waals surface area contributed by atoms with E-state index in [1.165, 1.54) is 12.1 Å². The highest BCUT2D eigenvalue weighted by Crippen LogP contribution is 2.17. The van der Waals surface area contributed by atoms with E-state index >= 15 is 0 Å². The largest absolute Gasteiger partial charge is 0.368 e. The molecule has 1 N–H and O–H groups in total. The second-order valence-electron chi connectivity index (χ2n) is 6.05. The summed E-state index contributed by atoms with van der Waals surface area (Å²) in [5.74, 6) is 0.468. The molecule has 0 aliphatic carbocycles. The highest BCUT2D eigenvalue weighted by atomic mass is 19.1. The number of amides is 1. The minimum Gasteiger partial charge on any atom is -0.368 e. The number of piperazine rings is 1. The Hall–Kier alpha value is -2.41. The summed E-state index contributed by atoms with van der Waals surface area (Å²) in [4.78, 5) is 16.4. The van der Waals surface area contributed by atoms with Crippen molar-refractivity contribution in [1.82, 2.24) is 15.4 Å². The van der Waals surface area contributed by atoms with Gasteiger partial charge in [0.05, 0.1) is 6.54 Å². The van der Waals surface area contributed by atoms with Crippen LogP contribution >= 0.6 is 0 Å². The topological polar surface area (TPSA) is 61.6 Å². The Bertz CT molecular complexity index is 701. The van der Waals surface area contributed by atoms with Gasteiger partial charge in [-0.2, -0.15) is 0 Å². The number of likely N-dealkylation sites (N-methyl/N-ethyl adjacent to an activating group) is 1. The zero-order valence-electron chi connectivity index (χ0n) is 13.8. The Morgan fingerprint density at radius 2 is 2.21 bits per heavy atom. The van der Waals surface area contributed by atoms with Gasteiger partial charge in [0, 0.05) is 38.4 Å². The number of carbonyl (C=O) groups excluding carboxylic acids is 1. The van der Waals surface area contributed by atoms with Gasteiger partial charge in [0.1, 0.15) is 23.3 Å². The normalized spacial score (nSPS) is 17.8. The van der Waals surface area contributed by atoms with Crippen LogP contribution in [-0.4, -0.2) is 48.7 Å². The van der Waals surface area contributed by atoms with Gasteiger partial charge in [-0.25, -0.2) is 4.39 Å². The number of hydrogen-bond acceptors (Lipinski definition) is 5. The molecule has 0 radical (unpaired) electrons. The first kappa shape index (κ1) is 16.4. The summed E-state index contributed by atoms with van der Waals surface area (Å²) in [6.07, 6.45) is 0. The lowest BCUT2D eigenvalue weighted by Gasteiger charge is -2.36. The molecule has 0 spiro atoms. The van der Waals surface area contributed by atoms with Crippen molar-refractivity contribution in [3.05, 3.63) is 47.6 Å². The zero-order chi connectivity index (χ0) is 17.1. The Kier molecular flexibility index (Phi) is 4.80. The maximum absolute atomic E-state index is 13.1. The van der Waals surface area contributed by atoms with Crippen molar-refractivity contribution in [1.29, 1.82) is 0 Å². The zero-order valence-corrected chi connectivity index (χ0v) is 13.8. The third-order valence-electron chi connectivity index (χ3n) is 4.12. The number of rotatable bonds is 4. The summed E-state index contributed by atoms with van der Waals surface area (Å²) in [5, 5.41) is 7.17. The monoisotopic (exact) mass is 332 g/mol. The molecule has 1 aromatic heterocycles. The maximum Gasteiger partial charge on any atom is 0.241 e. The summed E-state index contributed by atoms with van der Waals surface area (Å²) in [7, 11) is 1.75. The van der Waals surface area contributed by atoms with Gasteiger partial charge in [0.2, 0.25) is 5.91 Å². The van der Waals surface area contributed by atoms with Gasteiger partial charge in [0.25, 0.3) is 0 Å².